The molecule has 0 spiro atoms. The lowest BCUT2D eigenvalue weighted by Gasteiger charge is -2.12. The summed E-state index contributed by atoms with van der Waals surface area (Å²) in [7, 11) is 0. The molecule has 2 aromatic rings. The first-order chi connectivity index (χ1) is 7.36. The van der Waals surface area contributed by atoms with Crippen molar-refractivity contribution in [2.75, 3.05) is 0 Å². The van der Waals surface area contributed by atoms with Crippen molar-refractivity contribution in [1.82, 2.24) is 10.3 Å². The van der Waals surface area contributed by atoms with Crippen LogP contribution in [0.4, 0.5) is 0 Å². The summed E-state index contributed by atoms with van der Waals surface area (Å²) in [5.41, 5.74) is 1.18. The van der Waals surface area contributed by atoms with Crippen molar-refractivity contribution in [3.63, 3.8) is 0 Å². The van der Waals surface area contributed by atoms with Crippen LogP contribution >= 0.6 is 0 Å². The normalized spacial score (nSPS) is 12.6. The van der Waals surface area contributed by atoms with Gasteiger partial charge in [-0.3, -0.25) is 4.98 Å². The van der Waals surface area contributed by atoms with Gasteiger partial charge in [0.1, 0.15) is 5.76 Å². The number of hydrogen-bond donors (Lipinski definition) is 1. The van der Waals surface area contributed by atoms with Crippen molar-refractivity contribution in [3.8, 4) is 0 Å². The van der Waals surface area contributed by atoms with Crippen LogP contribution in [0.5, 0.6) is 0 Å². The smallest absolute Gasteiger partial charge is 0.117 e. The Morgan fingerprint density at radius 3 is 3.00 bits per heavy atom. The molecule has 0 fully saturated rings. The zero-order valence-electron chi connectivity index (χ0n) is 8.68. The Morgan fingerprint density at radius 2 is 2.33 bits per heavy atom. The summed E-state index contributed by atoms with van der Waals surface area (Å²) in [5, 5.41) is 3.37. The van der Waals surface area contributed by atoms with Crippen molar-refractivity contribution in [1.29, 1.82) is 0 Å². The molecule has 78 valence electrons. The fraction of sp³-hybridized carbons (Fsp3) is 0.250. The number of pyridine rings is 1. The molecule has 2 aromatic heterocycles. The van der Waals surface area contributed by atoms with Gasteiger partial charge in [0.2, 0.25) is 0 Å². The van der Waals surface area contributed by atoms with Crippen molar-refractivity contribution in [2.45, 2.75) is 19.5 Å². The minimum atomic E-state index is 0.281. The Hall–Kier alpha value is -1.61. The summed E-state index contributed by atoms with van der Waals surface area (Å²) in [6, 6.07) is 8.14. The Kier molecular flexibility index (Phi) is 3.15. The molecular formula is C12H14N2O. The summed E-state index contributed by atoms with van der Waals surface area (Å²) >= 11 is 0. The topological polar surface area (TPSA) is 38.1 Å². The minimum Gasteiger partial charge on any atom is -0.468 e. The van der Waals surface area contributed by atoms with Gasteiger partial charge in [0.15, 0.2) is 0 Å². The molecule has 15 heavy (non-hydrogen) atoms. The number of rotatable bonds is 4. The van der Waals surface area contributed by atoms with E-state index >= 15 is 0 Å². The summed E-state index contributed by atoms with van der Waals surface area (Å²) in [6.45, 7) is 2.85. The summed E-state index contributed by atoms with van der Waals surface area (Å²) in [6.07, 6.45) is 5.34. The van der Waals surface area contributed by atoms with Gasteiger partial charge >= 0.3 is 0 Å². The molecule has 0 bridgehead atoms. The molecule has 0 radical (unpaired) electrons. The highest BCUT2D eigenvalue weighted by molar-refractivity contribution is 5.13. The second-order valence-corrected chi connectivity index (χ2v) is 3.47. The van der Waals surface area contributed by atoms with Crippen LogP contribution in [0.2, 0.25) is 0 Å². The van der Waals surface area contributed by atoms with Gasteiger partial charge in [-0.1, -0.05) is 6.07 Å². The van der Waals surface area contributed by atoms with E-state index in [9.17, 15) is 0 Å². The predicted molar refractivity (Wildman–Crippen MR) is 58.2 cm³/mol. The Morgan fingerprint density at radius 1 is 1.40 bits per heavy atom. The van der Waals surface area contributed by atoms with Gasteiger partial charge in [0, 0.05) is 18.4 Å². The van der Waals surface area contributed by atoms with Crippen LogP contribution in [0.1, 0.15) is 24.3 Å². The summed E-state index contributed by atoms with van der Waals surface area (Å²) in [4.78, 5) is 4.09. The molecule has 0 aliphatic heterocycles. The highest BCUT2D eigenvalue weighted by Crippen LogP contribution is 2.11. The average Bonchev–Trinajstić information content (AvgIpc) is 2.80. The molecule has 0 aliphatic carbocycles. The van der Waals surface area contributed by atoms with Gasteiger partial charge in [-0.15, -0.1) is 0 Å². The van der Waals surface area contributed by atoms with Crippen LogP contribution in [-0.2, 0) is 6.54 Å². The predicted octanol–water partition coefficient (Wildman–Crippen LogP) is 2.53. The largest absolute Gasteiger partial charge is 0.468 e. The Labute approximate surface area is 89.1 Å². The molecule has 0 aromatic carbocycles. The van der Waals surface area contributed by atoms with Gasteiger partial charge in [0.25, 0.3) is 0 Å². The van der Waals surface area contributed by atoms with Crippen molar-refractivity contribution >= 4 is 0 Å². The lowest BCUT2D eigenvalue weighted by atomic mass is 10.1. The zero-order valence-corrected chi connectivity index (χ0v) is 8.68. The molecule has 1 unspecified atom stereocenters. The van der Waals surface area contributed by atoms with E-state index < -0.39 is 0 Å². The van der Waals surface area contributed by atoms with Gasteiger partial charge in [0.05, 0.1) is 12.8 Å². The lowest BCUT2D eigenvalue weighted by molar-refractivity contribution is 0.460. The monoisotopic (exact) mass is 202 g/mol. The third kappa shape index (κ3) is 2.67. The molecule has 2 rings (SSSR count). The van der Waals surface area contributed by atoms with E-state index in [-0.39, 0.29) is 6.04 Å². The highest BCUT2D eigenvalue weighted by Gasteiger charge is 2.04. The molecule has 0 aliphatic rings. The van der Waals surface area contributed by atoms with E-state index in [0.717, 1.165) is 12.3 Å². The highest BCUT2D eigenvalue weighted by atomic mass is 16.3. The van der Waals surface area contributed by atoms with Gasteiger partial charge < -0.3 is 9.73 Å². The van der Waals surface area contributed by atoms with E-state index in [1.54, 1.807) is 12.5 Å². The fourth-order valence-electron chi connectivity index (χ4n) is 1.42. The second kappa shape index (κ2) is 4.75. The van der Waals surface area contributed by atoms with Crippen LogP contribution in [0.15, 0.2) is 47.3 Å². The van der Waals surface area contributed by atoms with Gasteiger partial charge in [-0.25, -0.2) is 0 Å². The average molecular weight is 202 g/mol. The van der Waals surface area contributed by atoms with E-state index in [1.807, 2.05) is 24.4 Å². The van der Waals surface area contributed by atoms with Crippen LogP contribution in [0, 0.1) is 0 Å². The van der Waals surface area contributed by atoms with Gasteiger partial charge in [-0.05, 0) is 30.7 Å². The van der Waals surface area contributed by atoms with Gasteiger partial charge in [-0.2, -0.15) is 0 Å². The maximum Gasteiger partial charge on any atom is 0.117 e. The molecule has 1 N–H and O–H groups in total. The standard InChI is InChI=1S/C12H14N2O/c1-10(11-4-2-6-13-8-11)14-9-12-5-3-7-15-12/h2-8,10,14H,9H2,1H3. The first-order valence-electron chi connectivity index (χ1n) is 5.02. The number of nitrogens with zero attached hydrogens (tertiary/aromatic N) is 1. The molecule has 2 heterocycles. The maximum absolute atomic E-state index is 5.24. The summed E-state index contributed by atoms with van der Waals surface area (Å²) < 4.78 is 5.24. The van der Waals surface area contributed by atoms with Crippen LogP contribution in [0.25, 0.3) is 0 Å². The van der Waals surface area contributed by atoms with E-state index in [2.05, 4.69) is 23.3 Å². The molecule has 0 amide bonds. The van der Waals surface area contributed by atoms with Crippen molar-refractivity contribution < 1.29 is 4.42 Å². The van der Waals surface area contributed by atoms with Crippen molar-refractivity contribution in [3.05, 3.63) is 54.2 Å². The fourth-order valence-corrected chi connectivity index (χ4v) is 1.42. The molecular weight excluding hydrogens is 188 g/mol. The summed E-state index contributed by atoms with van der Waals surface area (Å²) in [5.74, 6) is 0.950. The zero-order chi connectivity index (χ0) is 10.5. The molecule has 1 atom stereocenters. The number of hydrogen-bond acceptors (Lipinski definition) is 3. The molecule has 0 saturated carbocycles. The molecule has 3 nitrogen and oxygen atoms in total. The number of nitrogens with one attached hydrogen (secondary N) is 1. The molecule has 3 heteroatoms. The lowest BCUT2D eigenvalue weighted by Crippen LogP contribution is -2.17. The number of furan rings is 1. The Balaban J connectivity index is 1.90. The second-order valence-electron chi connectivity index (χ2n) is 3.47. The van der Waals surface area contributed by atoms with Crippen molar-refractivity contribution in [2.24, 2.45) is 0 Å². The van der Waals surface area contributed by atoms with E-state index in [4.69, 9.17) is 4.42 Å². The third-order valence-electron chi connectivity index (χ3n) is 2.35. The number of aromatic nitrogens is 1. The van der Waals surface area contributed by atoms with Crippen LogP contribution in [-0.4, -0.2) is 4.98 Å². The first kappa shape index (κ1) is 9.93. The third-order valence-corrected chi connectivity index (χ3v) is 2.35. The first-order valence-corrected chi connectivity index (χ1v) is 5.02. The van der Waals surface area contributed by atoms with Crippen LogP contribution in [0.3, 0.4) is 0 Å². The van der Waals surface area contributed by atoms with E-state index in [0.29, 0.717) is 0 Å². The Bertz CT molecular complexity index is 383. The van der Waals surface area contributed by atoms with Crippen LogP contribution < -0.4 is 5.32 Å². The maximum atomic E-state index is 5.24. The van der Waals surface area contributed by atoms with E-state index in [1.165, 1.54) is 5.56 Å². The quantitative estimate of drug-likeness (QED) is 0.827. The molecule has 0 saturated heterocycles. The minimum absolute atomic E-state index is 0.281. The SMILES string of the molecule is CC(NCc1ccco1)c1cccnc1.